The molecule has 0 unspecified atom stereocenters. The quantitative estimate of drug-likeness (QED) is 0.746. The molecule has 1 saturated heterocycles. The van der Waals surface area contributed by atoms with E-state index in [1.807, 2.05) is 44.2 Å². The summed E-state index contributed by atoms with van der Waals surface area (Å²) < 4.78 is 9.95. The van der Waals surface area contributed by atoms with Gasteiger partial charge in [0, 0.05) is 0 Å². The number of epoxide rings is 1. The highest BCUT2D eigenvalue weighted by molar-refractivity contribution is 5.86. The number of ether oxygens (including phenoxy) is 2. The average Bonchev–Trinajstić information content (AvgIpc) is 3.37. The van der Waals surface area contributed by atoms with Gasteiger partial charge in [0.05, 0.1) is 19.8 Å². The maximum absolute atomic E-state index is 12.5. The molecule has 0 aromatic heterocycles. The summed E-state index contributed by atoms with van der Waals surface area (Å²) in [5.41, 5.74) is 1.13. The molecule has 6 nitrogen and oxygen atoms in total. The fourth-order valence-corrected chi connectivity index (χ4v) is 2.42. The highest BCUT2D eigenvalue weighted by Gasteiger charge is 2.36. The van der Waals surface area contributed by atoms with Gasteiger partial charge in [-0.1, -0.05) is 44.2 Å². The summed E-state index contributed by atoms with van der Waals surface area (Å²) in [5.74, 6) is -0.270. The Morgan fingerprint density at radius 3 is 2.43 bits per heavy atom. The van der Waals surface area contributed by atoms with Crippen LogP contribution in [0.4, 0.5) is 4.79 Å². The van der Waals surface area contributed by atoms with E-state index in [0.29, 0.717) is 13.0 Å². The SMILES string of the molecule is COC(=O)N[C@H](C(=O)N[C@@H](Cc1ccccc1)[C@@H]1CO1)C(C)C. The highest BCUT2D eigenvalue weighted by Crippen LogP contribution is 2.18. The number of hydrogen-bond acceptors (Lipinski definition) is 4. The van der Waals surface area contributed by atoms with Crippen molar-refractivity contribution in [1.29, 1.82) is 0 Å². The van der Waals surface area contributed by atoms with Crippen LogP contribution in [-0.2, 0) is 20.7 Å². The Bertz CT molecular complexity index is 529. The van der Waals surface area contributed by atoms with E-state index < -0.39 is 12.1 Å². The van der Waals surface area contributed by atoms with E-state index in [2.05, 4.69) is 15.4 Å². The van der Waals surface area contributed by atoms with Crippen molar-refractivity contribution in [3.05, 3.63) is 35.9 Å². The number of alkyl carbamates (subject to hydrolysis) is 1. The Kier molecular flexibility index (Phi) is 5.98. The van der Waals surface area contributed by atoms with Gasteiger partial charge in [-0.05, 0) is 17.9 Å². The molecular formula is C17H24N2O4. The molecule has 1 aliphatic rings. The van der Waals surface area contributed by atoms with Gasteiger partial charge in [0.25, 0.3) is 0 Å². The number of carbonyl (C=O) groups excluding carboxylic acids is 2. The van der Waals surface area contributed by atoms with Gasteiger partial charge >= 0.3 is 6.09 Å². The lowest BCUT2D eigenvalue weighted by atomic mass is 10.0. The van der Waals surface area contributed by atoms with E-state index in [1.54, 1.807) is 0 Å². The van der Waals surface area contributed by atoms with Crippen LogP contribution in [0.2, 0.25) is 0 Å². The van der Waals surface area contributed by atoms with Gasteiger partial charge in [-0.3, -0.25) is 4.79 Å². The summed E-state index contributed by atoms with van der Waals surface area (Å²) in [6, 6.07) is 9.20. The van der Waals surface area contributed by atoms with Crippen molar-refractivity contribution in [3.63, 3.8) is 0 Å². The Hall–Kier alpha value is -2.08. The second-order valence-corrected chi connectivity index (χ2v) is 6.03. The normalized spacial score (nSPS) is 18.9. The van der Waals surface area contributed by atoms with Crippen molar-refractivity contribution in [2.24, 2.45) is 5.92 Å². The summed E-state index contributed by atoms with van der Waals surface area (Å²) in [7, 11) is 1.28. The molecule has 1 fully saturated rings. The van der Waals surface area contributed by atoms with Gasteiger partial charge in [-0.2, -0.15) is 0 Å². The molecule has 1 aromatic carbocycles. The minimum atomic E-state index is -0.639. The Morgan fingerprint density at radius 1 is 1.26 bits per heavy atom. The molecular weight excluding hydrogens is 296 g/mol. The van der Waals surface area contributed by atoms with Crippen LogP contribution >= 0.6 is 0 Å². The van der Waals surface area contributed by atoms with E-state index in [0.717, 1.165) is 5.56 Å². The average molecular weight is 320 g/mol. The minimum Gasteiger partial charge on any atom is -0.453 e. The number of methoxy groups -OCH3 is 1. The van der Waals surface area contributed by atoms with Gasteiger partial charge in [0.2, 0.25) is 5.91 Å². The third-order valence-electron chi connectivity index (χ3n) is 3.84. The molecule has 126 valence electrons. The summed E-state index contributed by atoms with van der Waals surface area (Å²) in [5, 5.41) is 5.58. The van der Waals surface area contributed by atoms with E-state index in [4.69, 9.17) is 4.74 Å². The molecule has 0 bridgehead atoms. The smallest absolute Gasteiger partial charge is 0.407 e. The largest absolute Gasteiger partial charge is 0.453 e. The molecule has 23 heavy (non-hydrogen) atoms. The van der Waals surface area contributed by atoms with Crippen LogP contribution in [0.1, 0.15) is 19.4 Å². The third-order valence-corrected chi connectivity index (χ3v) is 3.84. The number of amides is 2. The van der Waals surface area contributed by atoms with Crippen LogP contribution in [-0.4, -0.2) is 43.9 Å². The maximum Gasteiger partial charge on any atom is 0.407 e. The van der Waals surface area contributed by atoms with Crippen LogP contribution < -0.4 is 10.6 Å². The maximum atomic E-state index is 12.5. The van der Waals surface area contributed by atoms with Gasteiger partial charge < -0.3 is 20.1 Å². The molecule has 1 aliphatic heterocycles. The molecule has 6 heteroatoms. The summed E-state index contributed by atoms with van der Waals surface area (Å²) in [6.07, 6.45) is 0.117. The molecule has 0 radical (unpaired) electrons. The minimum absolute atomic E-state index is 0.0325. The van der Waals surface area contributed by atoms with Crippen molar-refractivity contribution < 1.29 is 19.1 Å². The van der Waals surface area contributed by atoms with Crippen molar-refractivity contribution >= 4 is 12.0 Å². The predicted octanol–water partition coefficient (Wildman–Crippen LogP) is 1.49. The van der Waals surface area contributed by atoms with Crippen LogP contribution in [0.25, 0.3) is 0 Å². The molecule has 2 N–H and O–H groups in total. The number of hydrogen-bond donors (Lipinski definition) is 2. The molecule has 2 amide bonds. The molecule has 0 spiro atoms. The second kappa shape index (κ2) is 7.97. The fourth-order valence-electron chi connectivity index (χ4n) is 2.42. The summed E-state index contributed by atoms with van der Waals surface area (Å²) in [4.78, 5) is 23.9. The zero-order valence-corrected chi connectivity index (χ0v) is 13.7. The van der Waals surface area contributed by atoms with Crippen LogP contribution in [0.3, 0.4) is 0 Å². The van der Waals surface area contributed by atoms with Gasteiger partial charge in [0.15, 0.2) is 0 Å². The van der Waals surface area contributed by atoms with Crippen LogP contribution in [0.15, 0.2) is 30.3 Å². The molecule has 2 rings (SSSR count). The van der Waals surface area contributed by atoms with Gasteiger partial charge in [-0.15, -0.1) is 0 Å². The van der Waals surface area contributed by atoms with E-state index >= 15 is 0 Å². The first-order valence-electron chi connectivity index (χ1n) is 7.81. The Balaban J connectivity index is 2.00. The van der Waals surface area contributed by atoms with Crippen molar-refractivity contribution in [1.82, 2.24) is 10.6 Å². The Morgan fingerprint density at radius 2 is 1.91 bits per heavy atom. The first-order valence-corrected chi connectivity index (χ1v) is 7.81. The molecule has 0 saturated carbocycles. The standard InChI is InChI=1S/C17H24N2O4/c1-11(2)15(19-17(21)22-3)16(20)18-13(14-10-23-14)9-12-7-5-4-6-8-12/h4-8,11,13-15H,9-10H2,1-3H3,(H,18,20)(H,19,21)/t13-,14-,15-/m0/s1. The number of carbonyl (C=O) groups is 2. The van der Waals surface area contributed by atoms with Crippen LogP contribution in [0.5, 0.6) is 0 Å². The molecule has 0 aliphatic carbocycles. The van der Waals surface area contributed by atoms with E-state index in [-0.39, 0.29) is 24.0 Å². The van der Waals surface area contributed by atoms with Gasteiger partial charge in [-0.25, -0.2) is 4.79 Å². The fraction of sp³-hybridized carbons (Fsp3) is 0.529. The predicted molar refractivity (Wildman–Crippen MR) is 86.0 cm³/mol. The number of rotatable bonds is 7. The summed E-state index contributed by atoms with van der Waals surface area (Å²) in [6.45, 7) is 4.40. The van der Waals surface area contributed by atoms with Crippen LogP contribution in [0, 0.1) is 5.92 Å². The second-order valence-electron chi connectivity index (χ2n) is 6.03. The lowest BCUT2D eigenvalue weighted by molar-refractivity contribution is -0.124. The number of benzene rings is 1. The van der Waals surface area contributed by atoms with E-state index in [1.165, 1.54) is 7.11 Å². The van der Waals surface area contributed by atoms with E-state index in [9.17, 15) is 9.59 Å². The molecule has 1 aromatic rings. The lowest BCUT2D eigenvalue weighted by Gasteiger charge is -2.24. The third kappa shape index (κ3) is 5.25. The molecule has 1 heterocycles. The van der Waals surface area contributed by atoms with Gasteiger partial charge in [0.1, 0.15) is 12.1 Å². The monoisotopic (exact) mass is 320 g/mol. The van der Waals surface area contributed by atoms with Crippen molar-refractivity contribution in [3.8, 4) is 0 Å². The molecule has 3 atom stereocenters. The van der Waals surface area contributed by atoms with Crippen molar-refractivity contribution in [2.45, 2.75) is 38.5 Å². The first kappa shape index (κ1) is 17.3. The first-order chi connectivity index (χ1) is 11.0. The lowest BCUT2D eigenvalue weighted by Crippen LogP contribution is -2.53. The summed E-state index contributed by atoms with van der Waals surface area (Å²) >= 11 is 0. The Labute approximate surface area is 136 Å². The zero-order valence-electron chi connectivity index (χ0n) is 13.7. The highest BCUT2D eigenvalue weighted by atomic mass is 16.6. The number of nitrogens with one attached hydrogen (secondary N) is 2. The van der Waals surface area contributed by atoms with Crippen molar-refractivity contribution in [2.75, 3.05) is 13.7 Å². The zero-order chi connectivity index (χ0) is 16.8. The topological polar surface area (TPSA) is 80.0 Å².